The van der Waals surface area contributed by atoms with Gasteiger partial charge < -0.3 is 10.3 Å². The number of primary amides is 1. The van der Waals surface area contributed by atoms with Gasteiger partial charge in [0.1, 0.15) is 0 Å². The summed E-state index contributed by atoms with van der Waals surface area (Å²) >= 11 is 0. The number of likely N-dealkylation sites (N-methyl/N-ethyl adjacent to an activating group) is 1. The first-order valence-corrected chi connectivity index (χ1v) is 5.77. The number of aromatic nitrogens is 2. The van der Waals surface area contributed by atoms with Gasteiger partial charge in [0.05, 0.1) is 5.69 Å². The normalized spacial score (nSPS) is 16.1. The number of amides is 1. The van der Waals surface area contributed by atoms with Crippen molar-refractivity contribution in [1.82, 2.24) is 14.5 Å². The van der Waals surface area contributed by atoms with Crippen LogP contribution in [0.25, 0.3) is 0 Å². The molecular formula is C11H18N4O. The van der Waals surface area contributed by atoms with E-state index in [1.165, 1.54) is 5.69 Å². The summed E-state index contributed by atoms with van der Waals surface area (Å²) in [5, 5.41) is 0. The molecule has 0 fully saturated rings. The van der Waals surface area contributed by atoms with Crippen molar-refractivity contribution in [1.29, 1.82) is 0 Å². The Balaban J connectivity index is 2.40. The lowest BCUT2D eigenvalue weighted by Crippen LogP contribution is -2.31. The topological polar surface area (TPSA) is 64.2 Å². The van der Waals surface area contributed by atoms with Crippen LogP contribution in [0.1, 0.15) is 35.9 Å². The van der Waals surface area contributed by atoms with Gasteiger partial charge in [-0.25, -0.2) is 4.98 Å². The molecule has 0 saturated carbocycles. The first-order valence-electron chi connectivity index (χ1n) is 5.77. The van der Waals surface area contributed by atoms with E-state index in [9.17, 15) is 4.79 Å². The predicted molar refractivity (Wildman–Crippen MR) is 61.1 cm³/mol. The molecule has 16 heavy (non-hydrogen) atoms. The van der Waals surface area contributed by atoms with E-state index in [-0.39, 0.29) is 0 Å². The van der Waals surface area contributed by atoms with Crippen LogP contribution in [-0.4, -0.2) is 33.4 Å². The molecule has 0 aliphatic carbocycles. The SMILES string of the molecule is CCN1CCc2c(nc(C(N)=O)n2CC)C1. The van der Waals surface area contributed by atoms with Crippen molar-refractivity contribution in [3.8, 4) is 0 Å². The number of fused-ring (bicyclic) bond motifs is 1. The van der Waals surface area contributed by atoms with Gasteiger partial charge in [-0.15, -0.1) is 0 Å². The van der Waals surface area contributed by atoms with Crippen LogP contribution in [0.4, 0.5) is 0 Å². The number of nitrogens with zero attached hydrogens (tertiary/aromatic N) is 3. The Morgan fingerprint density at radius 3 is 2.75 bits per heavy atom. The highest BCUT2D eigenvalue weighted by Gasteiger charge is 2.24. The Kier molecular flexibility index (Phi) is 2.96. The fourth-order valence-electron chi connectivity index (χ4n) is 2.30. The molecule has 0 saturated heterocycles. The number of imidazole rings is 1. The van der Waals surface area contributed by atoms with E-state index in [1.54, 1.807) is 0 Å². The molecule has 0 spiro atoms. The second-order valence-electron chi connectivity index (χ2n) is 4.06. The van der Waals surface area contributed by atoms with Gasteiger partial charge in [-0.1, -0.05) is 6.92 Å². The predicted octanol–water partition coefficient (Wildman–Crippen LogP) is 0.380. The summed E-state index contributed by atoms with van der Waals surface area (Å²) in [7, 11) is 0. The van der Waals surface area contributed by atoms with Crippen molar-refractivity contribution in [2.75, 3.05) is 13.1 Å². The Morgan fingerprint density at radius 2 is 2.19 bits per heavy atom. The van der Waals surface area contributed by atoms with Crippen LogP contribution in [0, 0.1) is 0 Å². The summed E-state index contributed by atoms with van der Waals surface area (Å²) < 4.78 is 1.95. The molecule has 0 atom stereocenters. The summed E-state index contributed by atoms with van der Waals surface area (Å²) in [5.74, 6) is -0.0234. The molecule has 1 aromatic heterocycles. The van der Waals surface area contributed by atoms with Crippen LogP contribution < -0.4 is 5.73 Å². The lowest BCUT2D eigenvalue weighted by Gasteiger charge is -2.25. The maximum Gasteiger partial charge on any atom is 0.284 e. The molecule has 0 aromatic carbocycles. The monoisotopic (exact) mass is 222 g/mol. The van der Waals surface area contributed by atoms with E-state index in [4.69, 9.17) is 5.73 Å². The van der Waals surface area contributed by atoms with Crippen LogP contribution >= 0.6 is 0 Å². The molecule has 0 bridgehead atoms. The van der Waals surface area contributed by atoms with Crippen molar-refractivity contribution < 1.29 is 4.79 Å². The van der Waals surface area contributed by atoms with Gasteiger partial charge in [0.15, 0.2) is 5.82 Å². The molecule has 5 heteroatoms. The molecule has 0 radical (unpaired) electrons. The number of rotatable bonds is 3. The van der Waals surface area contributed by atoms with E-state index in [0.717, 1.165) is 38.3 Å². The van der Waals surface area contributed by atoms with E-state index in [0.29, 0.717) is 5.82 Å². The first kappa shape index (κ1) is 11.1. The highest BCUT2D eigenvalue weighted by molar-refractivity contribution is 5.89. The third-order valence-corrected chi connectivity index (χ3v) is 3.18. The molecule has 1 aliphatic heterocycles. The Labute approximate surface area is 95.2 Å². The van der Waals surface area contributed by atoms with Crippen LogP contribution in [0.5, 0.6) is 0 Å². The second kappa shape index (κ2) is 4.25. The minimum absolute atomic E-state index is 0.408. The molecule has 5 nitrogen and oxygen atoms in total. The summed E-state index contributed by atoms with van der Waals surface area (Å²) in [6.45, 7) is 7.79. The van der Waals surface area contributed by atoms with Gasteiger partial charge in [0.2, 0.25) is 0 Å². The Hall–Kier alpha value is -1.36. The summed E-state index contributed by atoms with van der Waals surface area (Å²) in [4.78, 5) is 18.0. The summed E-state index contributed by atoms with van der Waals surface area (Å²) in [6, 6.07) is 0. The number of hydrogen-bond donors (Lipinski definition) is 1. The molecule has 2 N–H and O–H groups in total. The van der Waals surface area contributed by atoms with Gasteiger partial charge >= 0.3 is 0 Å². The van der Waals surface area contributed by atoms with Gasteiger partial charge in [0, 0.05) is 31.7 Å². The molecule has 2 rings (SSSR count). The zero-order valence-corrected chi connectivity index (χ0v) is 9.86. The van der Waals surface area contributed by atoms with Gasteiger partial charge in [-0.05, 0) is 13.5 Å². The average molecular weight is 222 g/mol. The Morgan fingerprint density at radius 1 is 1.44 bits per heavy atom. The van der Waals surface area contributed by atoms with E-state index >= 15 is 0 Å². The highest BCUT2D eigenvalue weighted by atomic mass is 16.1. The number of carbonyl (C=O) groups excluding carboxylic acids is 1. The maximum atomic E-state index is 11.3. The van der Waals surface area contributed by atoms with Crippen molar-refractivity contribution >= 4 is 5.91 Å². The summed E-state index contributed by atoms with van der Waals surface area (Å²) in [6.07, 6.45) is 0.956. The molecule has 2 heterocycles. The molecular weight excluding hydrogens is 204 g/mol. The molecule has 88 valence electrons. The van der Waals surface area contributed by atoms with Gasteiger partial charge in [-0.3, -0.25) is 9.69 Å². The lowest BCUT2D eigenvalue weighted by atomic mass is 10.1. The number of carbonyl (C=O) groups is 1. The van der Waals surface area contributed by atoms with Crippen molar-refractivity contribution in [2.45, 2.75) is 33.4 Å². The number of nitrogens with two attached hydrogens (primary N) is 1. The quantitative estimate of drug-likeness (QED) is 0.804. The van der Waals surface area contributed by atoms with Crippen LogP contribution in [0.15, 0.2) is 0 Å². The number of hydrogen-bond acceptors (Lipinski definition) is 3. The van der Waals surface area contributed by atoms with Gasteiger partial charge in [0.25, 0.3) is 5.91 Å². The summed E-state index contributed by atoms with van der Waals surface area (Å²) in [5.41, 5.74) is 7.53. The minimum atomic E-state index is -0.431. The molecule has 0 unspecified atom stereocenters. The average Bonchev–Trinajstić information content (AvgIpc) is 2.66. The second-order valence-corrected chi connectivity index (χ2v) is 4.06. The third kappa shape index (κ3) is 1.71. The van der Waals surface area contributed by atoms with Crippen molar-refractivity contribution in [3.63, 3.8) is 0 Å². The molecule has 1 amide bonds. The van der Waals surface area contributed by atoms with E-state index in [1.807, 2.05) is 11.5 Å². The van der Waals surface area contributed by atoms with Crippen molar-refractivity contribution in [3.05, 3.63) is 17.2 Å². The maximum absolute atomic E-state index is 11.3. The van der Waals surface area contributed by atoms with E-state index < -0.39 is 5.91 Å². The van der Waals surface area contributed by atoms with Crippen LogP contribution in [0.2, 0.25) is 0 Å². The smallest absolute Gasteiger partial charge is 0.284 e. The molecule has 1 aromatic rings. The van der Waals surface area contributed by atoms with Crippen LogP contribution in [0.3, 0.4) is 0 Å². The van der Waals surface area contributed by atoms with Crippen LogP contribution in [-0.2, 0) is 19.5 Å². The fraction of sp³-hybridized carbons (Fsp3) is 0.636. The third-order valence-electron chi connectivity index (χ3n) is 3.18. The van der Waals surface area contributed by atoms with E-state index in [2.05, 4.69) is 16.8 Å². The Bertz CT molecular complexity index is 410. The minimum Gasteiger partial charge on any atom is -0.363 e. The first-order chi connectivity index (χ1) is 7.67. The van der Waals surface area contributed by atoms with Crippen molar-refractivity contribution in [2.24, 2.45) is 5.73 Å². The zero-order valence-electron chi connectivity index (χ0n) is 9.86. The highest BCUT2D eigenvalue weighted by Crippen LogP contribution is 2.19. The fourth-order valence-corrected chi connectivity index (χ4v) is 2.30. The zero-order chi connectivity index (χ0) is 11.7. The molecule has 1 aliphatic rings. The standard InChI is InChI=1S/C11H18N4O/c1-3-14-6-5-9-8(7-14)13-11(10(12)16)15(9)4-2/h3-7H2,1-2H3,(H2,12,16). The largest absolute Gasteiger partial charge is 0.363 e. The van der Waals surface area contributed by atoms with Gasteiger partial charge in [-0.2, -0.15) is 0 Å². The lowest BCUT2D eigenvalue weighted by molar-refractivity contribution is 0.0986.